The van der Waals surface area contributed by atoms with Gasteiger partial charge in [0.2, 0.25) is 0 Å². The first kappa shape index (κ1) is 12.5. The average molecular weight is 268 g/mol. The van der Waals surface area contributed by atoms with E-state index in [4.69, 9.17) is 0 Å². The Labute approximate surface area is 117 Å². The number of hydrogen-bond acceptors (Lipinski definition) is 4. The Morgan fingerprint density at radius 1 is 1.05 bits per heavy atom. The van der Waals surface area contributed by atoms with Crippen molar-refractivity contribution in [1.29, 1.82) is 0 Å². The summed E-state index contributed by atoms with van der Waals surface area (Å²) < 4.78 is 3.62. The third kappa shape index (κ3) is 3.28. The van der Waals surface area contributed by atoms with E-state index in [1.807, 2.05) is 16.9 Å². The van der Waals surface area contributed by atoms with Gasteiger partial charge in [0.05, 0.1) is 12.7 Å². The van der Waals surface area contributed by atoms with Gasteiger partial charge in [-0.25, -0.2) is 9.67 Å². The van der Waals surface area contributed by atoms with Crippen LogP contribution in [0.25, 0.3) is 0 Å². The summed E-state index contributed by atoms with van der Waals surface area (Å²) >= 11 is 0. The normalized spacial score (nSPS) is 10.8. The highest BCUT2D eigenvalue weighted by molar-refractivity contribution is 5.14. The largest absolute Gasteiger partial charge is 0.252 e. The van der Waals surface area contributed by atoms with Crippen LogP contribution in [-0.2, 0) is 19.5 Å². The zero-order chi connectivity index (χ0) is 13.6. The summed E-state index contributed by atoms with van der Waals surface area (Å²) in [6.45, 7) is 1.48. The molecule has 6 heteroatoms. The van der Waals surface area contributed by atoms with Crippen molar-refractivity contribution in [2.75, 3.05) is 0 Å². The van der Waals surface area contributed by atoms with Crippen molar-refractivity contribution in [2.24, 2.45) is 0 Å². The van der Waals surface area contributed by atoms with Gasteiger partial charge in [-0.2, -0.15) is 5.10 Å². The second-order valence-corrected chi connectivity index (χ2v) is 4.66. The first-order chi connectivity index (χ1) is 9.90. The van der Waals surface area contributed by atoms with Gasteiger partial charge >= 0.3 is 0 Å². The van der Waals surface area contributed by atoms with Gasteiger partial charge in [0, 0.05) is 6.54 Å². The Balaban J connectivity index is 1.50. The van der Waals surface area contributed by atoms with Crippen LogP contribution in [-0.4, -0.2) is 29.8 Å². The van der Waals surface area contributed by atoms with Gasteiger partial charge in [-0.1, -0.05) is 35.5 Å². The van der Waals surface area contributed by atoms with E-state index >= 15 is 0 Å². The Hall–Kier alpha value is -2.50. The van der Waals surface area contributed by atoms with E-state index in [0.717, 1.165) is 25.1 Å². The van der Waals surface area contributed by atoms with Crippen LogP contribution >= 0.6 is 0 Å². The predicted molar refractivity (Wildman–Crippen MR) is 73.9 cm³/mol. The Bertz CT molecular complexity index is 629. The van der Waals surface area contributed by atoms with Crippen LogP contribution in [0.15, 0.2) is 49.2 Å². The Kier molecular flexibility index (Phi) is 3.82. The highest BCUT2D eigenvalue weighted by atomic mass is 15.4. The molecule has 1 aromatic carbocycles. The zero-order valence-corrected chi connectivity index (χ0v) is 11.1. The van der Waals surface area contributed by atoms with E-state index in [-0.39, 0.29) is 0 Å². The second-order valence-electron chi connectivity index (χ2n) is 4.66. The molecule has 102 valence electrons. The minimum atomic E-state index is 0.610. The summed E-state index contributed by atoms with van der Waals surface area (Å²) in [5.74, 6) is 0. The van der Waals surface area contributed by atoms with E-state index in [1.54, 1.807) is 11.0 Å². The lowest BCUT2D eigenvalue weighted by molar-refractivity contribution is 0.558. The molecule has 0 saturated heterocycles. The van der Waals surface area contributed by atoms with Crippen LogP contribution in [0.1, 0.15) is 17.7 Å². The van der Waals surface area contributed by atoms with Crippen LogP contribution < -0.4 is 0 Å². The summed E-state index contributed by atoms with van der Waals surface area (Å²) in [5.41, 5.74) is 2.26. The molecule has 3 aromatic rings. The van der Waals surface area contributed by atoms with E-state index in [9.17, 15) is 0 Å². The predicted octanol–water partition coefficient (Wildman–Crippen LogP) is 1.55. The van der Waals surface area contributed by atoms with Crippen molar-refractivity contribution in [3.8, 4) is 0 Å². The fourth-order valence-electron chi connectivity index (χ4n) is 2.09. The monoisotopic (exact) mass is 268 g/mol. The standard InChI is InChI=1S/C14H16N6/c1-2-5-13(6-3-1)7-4-8-19-9-14(17-18-19)10-20-12-15-11-16-20/h1-3,5-6,9,11-12H,4,7-8,10H2. The topological polar surface area (TPSA) is 61.4 Å². The maximum atomic E-state index is 4.14. The van der Waals surface area contributed by atoms with Crippen molar-refractivity contribution < 1.29 is 0 Å². The summed E-state index contributed by atoms with van der Waals surface area (Å²) in [7, 11) is 0. The molecule has 0 aliphatic carbocycles. The molecule has 2 heterocycles. The Morgan fingerprint density at radius 3 is 2.75 bits per heavy atom. The third-order valence-electron chi connectivity index (χ3n) is 3.07. The van der Waals surface area contributed by atoms with Gasteiger partial charge < -0.3 is 0 Å². The van der Waals surface area contributed by atoms with Crippen LogP contribution in [0.4, 0.5) is 0 Å². The highest BCUT2D eigenvalue weighted by Gasteiger charge is 2.02. The molecular formula is C14H16N6. The van der Waals surface area contributed by atoms with Crippen LogP contribution in [0.2, 0.25) is 0 Å². The maximum Gasteiger partial charge on any atom is 0.137 e. The molecular weight excluding hydrogens is 252 g/mol. The van der Waals surface area contributed by atoms with E-state index in [2.05, 4.69) is 44.7 Å². The van der Waals surface area contributed by atoms with Gasteiger partial charge in [0.1, 0.15) is 18.3 Å². The number of benzene rings is 1. The van der Waals surface area contributed by atoms with Crippen molar-refractivity contribution >= 4 is 0 Å². The number of hydrogen-bond donors (Lipinski definition) is 0. The lowest BCUT2D eigenvalue weighted by Crippen LogP contribution is -2.01. The van der Waals surface area contributed by atoms with Gasteiger partial charge in [-0.15, -0.1) is 5.10 Å². The molecule has 0 saturated carbocycles. The lowest BCUT2D eigenvalue weighted by atomic mass is 10.1. The lowest BCUT2D eigenvalue weighted by Gasteiger charge is -2.01. The third-order valence-corrected chi connectivity index (χ3v) is 3.07. The number of aromatic nitrogens is 6. The molecule has 0 bridgehead atoms. The first-order valence-corrected chi connectivity index (χ1v) is 6.65. The quantitative estimate of drug-likeness (QED) is 0.680. The molecule has 0 N–H and O–H groups in total. The molecule has 2 aromatic heterocycles. The zero-order valence-electron chi connectivity index (χ0n) is 11.1. The van der Waals surface area contributed by atoms with Gasteiger partial charge in [-0.05, 0) is 18.4 Å². The number of nitrogens with zero attached hydrogens (tertiary/aromatic N) is 6. The molecule has 0 spiro atoms. The SMILES string of the molecule is c1ccc(CCCn2cc(Cn3cncn3)nn2)cc1. The Morgan fingerprint density at radius 2 is 1.95 bits per heavy atom. The van der Waals surface area contributed by atoms with E-state index in [0.29, 0.717) is 6.54 Å². The summed E-state index contributed by atoms with van der Waals surface area (Å²) in [4.78, 5) is 3.91. The summed E-state index contributed by atoms with van der Waals surface area (Å²) in [6.07, 6.45) is 7.26. The second kappa shape index (κ2) is 6.10. The van der Waals surface area contributed by atoms with Crippen LogP contribution in [0, 0.1) is 0 Å². The van der Waals surface area contributed by atoms with E-state index < -0.39 is 0 Å². The molecule has 0 fully saturated rings. The molecule has 0 atom stereocenters. The fourth-order valence-corrected chi connectivity index (χ4v) is 2.09. The molecule has 0 amide bonds. The molecule has 20 heavy (non-hydrogen) atoms. The molecule has 3 rings (SSSR count). The maximum absolute atomic E-state index is 4.14. The summed E-state index contributed by atoms with van der Waals surface area (Å²) in [6, 6.07) is 10.5. The van der Waals surface area contributed by atoms with E-state index in [1.165, 1.54) is 11.9 Å². The highest BCUT2D eigenvalue weighted by Crippen LogP contribution is 2.04. The minimum Gasteiger partial charge on any atom is -0.252 e. The number of rotatable bonds is 6. The molecule has 6 nitrogen and oxygen atoms in total. The molecule has 0 aliphatic heterocycles. The molecule has 0 unspecified atom stereocenters. The smallest absolute Gasteiger partial charge is 0.137 e. The minimum absolute atomic E-state index is 0.610. The number of aryl methyl sites for hydroxylation is 2. The summed E-state index contributed by atoms with van der Waals surface area (Å²) in [5, 5.41) is 12.3. The van der Waals surface area contributed by atoms with Crippen molar-refractivity contribution in [3.63, 3.8) is 0 Å². The molecule has 0 radical (unpaired) electrons. The van der Waals surface area contributed by atoms with Crippen molar-refractivity contribution in [2.45, 2.75) is 25.9 Å². The average Bonchev–Trinajstić information content (AvgIpc) is 3.13. The van der Waals surface area contributed by atoms with Crippen molar-refractivity contribution in [1.82, 2.24) is 29.8 Å². The first-order valence-electron chi connectivity index (χ1n) is 6.65. The van der Waals surface area contributed by atoms with Gasteiger partial charge in [0.15, 0.2) is 0 Å². The van der Waals surface area contributed by atoms with Crippen LogP contribution in [0.5, 0.6) is 0 Å². The van der Waals surface area contributed by atoms with Crippen molar-refractivity contribution in [3.05, 3.63) is 60.4 Å². The van der Waals surface area contributed by atoms with Gasteiger partial charge in [0.25, 0.3) is 0 Å². The van der Waals surface area contributed by atoms with Crippen LogP contribution in [0.3, 0.4) is 0 Å². The fraction of sp³-hybridized carbons (Fsp3) is 0.286. The van der Waals surface area contributed by atoms with Gasteiger partial charge in [-0.3, -0.25) is 4.68 Å². The molecule has 0 aliphatic rings.